The Morgan fingerprint density at radius 1 is 1.27 bits per heavy atom. The van der Waals surface area contributed by atoms with E-state index in [9.17, 15) is 5.11 Å². The van der Waals surface area contributed by atoms with Crippen molar-refractivity contribution in [3.05, 3.63) is 29.8 Å². The Morgan fingerprint density at radius 3 is 2.93 bits per heavy atom. The minimum Gasteiger partial charge on any atom is -0.388 e. The third-order valence-corrected chi connectivity index (χ3v) is 3.34. The van der Waals surface area contributed by atoms with Crippen LogP contribution in [0.25, 0.3) is 0 Å². The lowest BCUT2D eigenvalue weighted by Gasteiger charge is -2.27. The maximum atomic E-state index is 9.81. The summed E-state index contributed by atoms with van der Waals surface area (Å²) in [6.07, 6.45) is 0.746. The molecule has 1 N–H and O–H groups in total. The van der Waals surface area contributed by atoms with Crippen molar-refractivity contribution in [2.75, 3.05) is 24.7 Å². The van der Waals surface area contributed by atoms with E-state index in [0.717, 1.165) is 13.0 Å². The number of benzene rings is 1. The van der Waals surface area contributed by atoms with Gasteiger partial charge in [-0.15, -0.1) is 0 Å². The molecule has 1 saturated heterocycles. The van der Waals surface area contributed by atoms with Gasteiger partial charge in [-0.2, -0.15) is 0 Å². The van der Waals surface area contributed by atoms with Crippen molar-refractivity contribution in [1.29, 1.82) is 0 Å². The van der Waals surface area contributed by atoms with Crippen molar-refractivity contribution in [3.8, 4) is 0 Å². The zero-order valence-corrected chi connectivity index (χ0v) is 8.60. The summed E-state index contributed by atoms with van der Waals surface area (Å²) in [5.41, 5.74) is 2.66. The molecule has 0 radical (unpaired) electrons. The van der Waals surface area contributed by atoms with Crippen molar-refractivity contribution in [2.24, 2.45) is 0 Å². The van der Waals surface area contributed by atoms with Crippen LogP contribution in [0.2, 0.25) is 0 Å². The van der Waals surface area contributed by atoms with Crippen molar-refractivity contribution < 1.29 is 9.84 Å². The number of nitrogens with zero attached hydrogens (tertiary/aromatic N) is 1. The summed E-state index contributed by atoms with van der Waals surface area (Å²) in [5.74, 6) is 0. The summed E-state index contributed by atoms with van der Waals surface area (Å²) in [4.78, 5) is 2.28. The van der Waals surface area contributed by atoms with E-state index in [1.165, 1.54) is 11.3 Å². The highest BCUT2D eigenvalue weighted by Gasteiger charge is 2.34. The smallest absolute Gasteiger partial charge is 0.0998 e. The third kappa shape index (κ3) is 1.43. The molecule has 3 rings (SSSR count). The number of para-hydroxylation sites is 1. The molecule has 15 heavy (non-hydrogen) atoms. The second-order valence-corrected chi connectivity index (χ2v) is 4.24. The maximum Gasteiger partial charge on any atom is 0.0998 e. The predicted molar refractivity (Wildman–Crippen MR) is 58.1 cm³/mol. The number of hydrogen-bond acceptors (Lipinski definition) is 3. The molecular formula is C12H15NO2. The summed E-state index contributed by atoms with van der Waals surface area (Å²) in [6, 6.07) is 8.57. The minimum absolute atomic E-state index is 0.147. The number of ether oxygens (including phenoxy) is 1. The lowest BCUT2D eigenvalue weighted by molar-refractivity contribution is 0.124. The van der Waals surface area contributed by atoms with E-state index in [-0.39, 0.29) is 12.1 Å². The van der Waals surface area contributed by atoms with Gasteiger partial charge in [0, 0.05) is 12.2 Å². The van der Waals surface area contributed by atoms with Crippen LogP contribution in [0.1, 0.15) is 5.56 Å². The van der Waals surface area contributed by atoms with Gasteiger partial charge in [0.05, 0.1) is 25.4 Å². The van der Waals surface area contributed by atoms with Crippen LogP contribution in [-0.2, 0) is 11.2 Å². The van der Waals surface area contributed by atoms with Gasteiger partial charge in [-0.1, -0.05) is 18.2 Å². The zero-order valence-electron chi connectivity index (χ0n) is 8.60. The molecule has 2 atom stereocenters. The Bertz CT molecular complexity index is 366. The Hall–Kier alpha value is -1.06. The first-order valence-corrected chi connectivity index (χ1v) is 5.46. The number of aliphatic hydroxyl groups is 1. The van der Waals surface area contributed by atoms with Crippen molar-refractivity contribution in [1.82, 2.24) is 0 Å². The van der Waals surface area contributed by atoms with Crippen LogP contribution in [0.5, 0.6) is 0 Å². The Balaban J connectivity index is 1.90. The second kappa shape index (κ2) is 3.51. The maximum absolute atomic E-state index is 9.81. The fourth-order valence-electron chi connectivity index (χ4n) is 2.54. The van der Waals surface area contributed by atoms with Crippen molar-refractivity contribution in [3.63, 3.8) is 0 Å². The lowest BCUT2D eigenvalue weighted by Crippen LogP contribution is -2.42. The molecule has 3 nitrogen and oxygen atoms in total. The molecule has 2 heterocycles. The third-order valence-electron chi connectivity index (χ3n) is 3.34. The van der Waals surface area contributed by atoms with Crippen LogP contribution < -0.4 is 4.90 Å². The van der Waals surface area contributed by atoms with E-state index >= 15 is 0 Å². The molecule has 0 aliphatic carbocycles. The standard InChI is InChI=1S/C12H15NO2/c14-12-8-15-7-11(12)13-6-5-9-3-1-2-4-10(9)13/h1-4,11-12,14H,5-8H2. The lowest BCUT2D eigenvalue weighted by atomic mass is 10.1. The minimum atomic E-state index is -0.337. The molecule has 80 valence electrons. The monoisotopic (exact) mass is 205 g/mol. The molecule has 1 aromatic carbocycles. The topological polar surface area (TPSA) is 32.7 Å². The summed E-state index contributed by atoms with van der Waals surface area (Å²) < 4.78 is 5.31. The number of aliphatic hydroxyl groups excluding tert-OH is 1. The van der Waals surface area contributed by atoms with Gasteiger partial charge in [-0.3, -0.25) is 0 Å². The molecule has 2 aliphatic rings. The summed E-state index contributed by atoms with van der Waals surface area (Å²) in [5, 5.41) is 9.81. The highest BCUT2D eigenvalue weighted by atomic mass is 16.5. The number of anilines is 1. The molecule has 1 fully saturated rings. The molecule has 3 heteroatoms. The fourth-order valence-corrected chi connectivity index (χ4v) is 2.54. The van der Waals surface area contributed by atoms with E-state index in [4.69, 9.17) is 4.74 Å². The molecule has 0 bridgehead atoms. The van der Waals surface area contributed by atoms with Gasteiger partial charge < -0.3 is 14.7 Å². The van der Waals surface area contributed by atoms with Crippen LogP contribution in [0.15, 0.2) is 24.3 Å². The molecular weight excluding hydrogens is 190 g/mol. The Morgan fingerprint density at radius 2 is 2.13 bits per heavy atom. The summed E-state index contributed by atoms with van der Waals surface area (Å²) in [7, 11) is 0. The van der Waals surface area contributed by atoms with Crippen LogP contribution >= 0.6 is 0 Å². The first kappa shape index (κ1) is 9.19. The normalized spacial score (nSPS) is 29.5. The average molecular weight is 205 g/mol. The highest BCUT2D eigenvalue weighted by Crippen LogP contribution is 2.31. The van der Waals surface area contributed by atoms with E-state index in [1.807, 2.05) is 0 Å². The average Bonchev–Trinajstić information content (AvgIpc) is 2.83. The van der Waals surface area contributed by atoms with E-state index < -0.39 is 0 Å². The highest BCUT2D eigenvalue weighted by molar-refractivity contribution is 5.58. The van der Waals surface area contributed by atoms with Gasteiger partial charge in [0.2, 0.25) is 0 Å². The van der Waals surface area contributed by atoms with Crippen LogP contribution in [0.3, 0.4) is 0 Å². The van der Waals surface area contributed by atoms with Crippen LogP contribution in [0.4, 0.5) is 5.69 Å². The zero-order chi connectivity index (χ0) is 10.3. The van der Waals surface area contributed by atoms with Gasteiger partial charge in [0.25, 0.3) is 0 Å². The van der Waals surface area contributed by atoms with Crippen molar-refractivity contribution in [2.45, 2.75) is 18.6 Å². The van der Waals surface area contributed by atoms with Crippen LogP contribution in [-0.4, -0.2) is 37.0 Å². The molecule has 0 spiro atoms. The predicted octanol–water partition coefficient (Wildman–Crippen LogP) is 0.809. The van der Waals surface area contributed by atoms with Gasteiger partial charge in [0.1, 0.15) is 0 Å². The second-order valence-electron chi connectivity index (χ2n) is 4.24. The number of fused-ring (bicyclic) bond motifs is 1. The molecule has 0 amide bonds. The summed E-state index contributed by atoms with van der Waals surface area (Å²) >= 11 is 0. The Kier molecular flexibility index (Phi) is 2.15. The SMILES string of the molecule is OC1COCC1N1CCc2ccccc21. The molecule has 1 aromatic rings. The van der Waals surface area contributed by atoms with Gasteiger partial charge >= 0.3 is 0 Å². The Labute approximate surface area is 89.3 Å². The number of rotatable bonds is 1. The summed E-state index contributed by atoms with van der Waals surface area (Å²) in [6.45, 7) is 2.13. The first-order chi connectivity index (χ1) is 7.36. The quantitative estimate of drug-likeness (QED) is 0.736. The van der Waals surface area contributed by atoms with Gasteiger partial charge in [-0.25, -0.2) is 0 Å². The fraction of sp³-hybridized carbons (Fsp3) is 0.500. The van der Waals surface area contributed by atoms with Crippen molar-refractivity contribution >= 4 is 5.69 Å². The largest absolute Gasteiger partial charge is 0.388 e. The first-order valence-electron chi connectivity index (χ1n) is 5.46. The number of hydrogen-bond donors (Lipinski definition) is 1. The van der Waals surface area contributed by atoms with E-state index in [1.54, 1.807) is 0 Å². The van der Waals surface area contributed by atoms with Gasteiger partial charge in [-0.05, 0) is 18.1 Å². The molecule has 0 aromatic heterocycles. The molecule has 2 aliphatic heterocycles. The van der Waals surface area contributed by atoms with Gasteiger partial charge in [0.15, 0.2) is 0 Å². The molecule has 2 unspecified atom stereocenters. The van der Waals surface area contributed by atoms with Crippen LogP contribution in [0, 0.1) is 0 Å². The molecule has 0 saturated carbocycles. The van der Waals surface area contributed by atoms with E-state index in [2.05, 4.69) is 29.2 Å². The van der Waals surface area contributed by atoms with E-state index in [0.29, 0.717) is 13.2 Å².